The second-order valence-electron chi connectivity index (χ2n) is 9.74. The van der Waals surface area contributed by atoms with Gasteiger partial charge in [0.2, 0.25) is 5.82 Å². The first-order chi connectivity index (χ1) is 17.6. The standard InChI is InChI=1S/C30H40F2O4/c1-2-3-4-5-6-7-8-12-21-34-27-20-19-26(28(31)29(27)32)30(33)36-25-17-15-24(16-18-25)35-22-23-13-10-9-11-14-23/h15-20,23H,2-14,21-22H2,1H3. The highest BCUT2D eigenvalue weighted by Gasteiger charge is 2.21. The van der Waals surface area contributed by atoms with Crippen LogP contribution < -0.4 is 14.2 Å². The molecule has 2 aromatic rings. The van der Waals surface area contributed by atoms with Gasteiger partial charge < -0.3 is 14.2 Å². The van der Waals surface area contributed by atoms with Crippen LogP contribution in [0.5, 0.6) is 17.2 Å². The summed E-state index contributed by atoms with van der Waals surface area (Å²) in [6.07, 6.45) is 15.3. The number of rotatable bonds is 15. The molecular formula is C30H40F2O4. The Kier molecular flexibility index (Phi) is 12.0. The molecule has 2 aromatic carbocycles. The van der Waals surface area contributed by atoms with Crippen LogP contribution in [0, 0.1) is 17.6 Å². The quantitative estimate of drug-likeness (QED) is 0.139. The van der Waals surface area contributed by atoms with Crippen LogP contribution in [0.25, 0.3) is 0 Å². The van der Waals surface area contributed by atoms with Crippen molar-refractivity contribution in [1.82, 2.24) is 0 Å². The SMILES string of the molecule is CCCCCCCCCCOc1ccc(C(=O)Oc2ccc(OCC3CCCCC3)cc2)c(F)c1F. The number of carbonyl (C=O) groups is 1. The second kappa shape index (κ2) is 15.5. The van der Waals surface area contributed by atoms with E-state index >= 15 is 0 Å². The Hall–Kier alpha value is -2.63. The van der Waals surface area contributed by atoms with Crippen molar-refractivity contribution < 1.29 is 27.8 Å². The molecule has 0 heterocycles. The van der Waals surface area contributed by atoms with Crippen molar-refractivity contribution in [3.8, 4) is 17.2 Å². The maximum atomic E-state index is 14.6. The molecule has 0 unspecified atom stereocenters. The molecule has 198 valence electrons. The van der Waals surface area contributed by atoms with Crippen LogP contribution in [0.4, 0.5) is 8.78 Å². The van der Waals surface area contributed by atoms with Crippen LogP contribution in [0.1, 0.15) is 101 Å². The molecule has 3 rings (SSSR count). The molecule has 6 heteroatoms. The number of unbranched alkanes of at least 4 members (excludes halogenated alkanes) is 7. The van der Waals surface area contributed by atoms with Gasteiger partial charge in [-0.05, 0) is 61.6 Å². The lowest BCUT2D eigenvalue weighted by atomic mass is 9.90. The largest absolute Gasteiger partial charge is 0.493 e. The predicted molar refractivity (Wildman–Crippen MR) is 138 cm³/mol. The molecule has 0 amide bonds. The van der Waals surface area contributed by atoms with E-state index in [4.69, 9.17) is 14.2 Å². The van der Waals surface area contributed by atoms with Crippen molar-refractivity contribution in [1.29, 1.82) is 0 Å². The molecule has 0 spiro atoms. The van der Waals surface area contributed by atoms with Gasteiger partial charge in [0.05, 0.1) is 18.8 Å². The minimum absolute atomic E-state index is 0.188. The summed E-state index contributed by atoms with van der Waals surface area (Å²) in [6.45, 7) is 3.18. The lowest BCUT2D eigenvalue weighted by Crippen LogP contribution is -2.15. The highest BCUT2D eigenvalue weighted by atomic mass is 19.2. The zero-order valence-electron chi connectivity index (χ0n) is 21.5. The van der Waals surface area contributed by atoms with E-state index in [2.05, 4.69) is 6.92 Å². The summed E-state index contributed by atoms with van der Waals surface area (Å²) in [6, 6.07) is 9.08. The van der Waals surface area contributed by atoms with Crippen molar-refractivity contribution >= 4 is 5.97 Å². The minimum atomic E-state index is -1.26. The van der Waals surface area contributed by atoms with Crippen LogP contribution in [0.15, 0.2) is 36.4 Å². The van der Waals surface area contributed by atoms with Crippen molar-refractivity contribution in [2.24, 2.45) is 5.92 Å². The summed E-state index contributed by atoms with van der Waals surface area (Å²) >= 11 is 0. The molecule has 0 radical (unpaired) electrons. The Morgan fingerprint density at radius 3 is 2.11 bits per heavy atom. The average molecular weight is 503 g/mol. The molecule has 1 aliphatic rings. The van der Waals surface area contributed by atoms with Crippen LogP contribution in [0.2, 0.25) is 0 Å². The van der Waals surface area contributed by atoms with Gasteiger partial charge in [-0.2, -0.15) is 4.39 Å². The van der Waals surface area contributed by atoms with Crippen LogP contribution >= 0.6 is 0 Å². The van der Waals surface area contributed by atoms with Gasteiger partial charge >= 0.3 is 5.97 Å². The first-order valence-corrected chi connectivity index (χ1v) is 13.6. The summed E-state index contributed by atoms with van der Waals surface area (Å²) in [5.74, 6) is -2.07. The summed E-state index contributed by atoms with van der Waals surface area (Å²) < 4.78 is 45.5. The van der Waals surface area contributed by atoms with Gasteiger partial charge in [0.15, 0.2) is 11.6 Å². The molecule has 0 bridgehead atoms. The molecule has 0 saturated heterocycles. The van der Waals surface area contributed by atoms with Gasteiger partial charge in [-0.3, -0.25) is 0 Å². The van der Waals surface area contributed by atoms with E-state index in [1.54, 1.807) is 24.3 Å². The van der Waals surface area contributed by atoms with Gasteiger partial charge in [0.1, 0.15) is 11.5 Å². The van der Waals surface area contributed by atoms with E-state index in [-0.39, 0.29) is 11.5 Å². The molecule has 0 aromatic heterocycles. The van der Waals surface area contributed by atoms with E-state index < -0.39 is 23.2 Å². The van der Waals surface area contributed by atoms with Crippen molar-refractivity contribution in [2.75, 3.05) is 13.2 Å². The summed E-state index contributed by atoms with van der Waals surface area (Å²) in [4.78, 5) is 12.4. The van der Waals surface area contributed by atoms with Crippen LogP contribution in [0.3, 0.4) is 0 Å². The number of hydrogen-bond donors (Lipinski definition) is 0. The lowest BCUT2D eigenvalue weighted by molar-refractivity contribution is 0.0728. The smallest absolute Gasteiger partial charge is 0.346 e. The van der Waals surface area contributed by atoms with Gasteiger partial charge in [0.25, 0.3) is 0 Å². The molecule has 0 atom stereocenters. The van der Waals surface area contributed by atoms with Gasteiger partial charge in [-0.15, -0.1) is 0 Å². The molecule has 4 nitrogen and oxygen atoms in total. The number of ether oxygens (including phenoxy) is 3. The predicted octanol–water partition coefficient (Wildman–Crippen LogP) is 8.66. The summed E-state index contributed by atoms with van der Waals surface area (Å²) in [7, 11) is 0. The number of benzene rings is 2. The zero-order chi connectivity index (χ0) is 25.6. The molecule has 0 N–H and O–H groups in total. The van der Waals surface area contributed by atoms with E-state index in [1.165, 1.54) is 76.3 Å². The third kappa shape index (κ3) is 9.11. The van der Waals surface area contributed by atoms with Gasteiger partial charge in [-0.25, -0.2) is 9.18 Å². The Morgan fingerprint density at radius 1 is 0.778 bits per heavy atom. The summed E-state index contributed by atoms with van der Waals surface area (Å²) in [5.41, 5.74) is -0.468. The van der Waals surface area contributed by atoms with E-state index in [1.807, 2.05) is 0 Å². The third-order valence-electron chi connectivity index (χ3n) is 6.77. The number of carbonyl (C=O) groups excluding carboxylic acids is 1. The average Bonchev–Trinajstić information content (AvgIpc) is 2.90. The fraction of sp³-hybridized carbons (Fsp3) is 0.567. The van der Waals surface area contributed by atoms with Gasteiger partial charge in [-0.1, -0.05) is 71.1 Å². The topological polar surface area (TPSA) is 44.8 Å². The normalized spacial score (nSPS) is 14.0. The number of halogens is 2. The Morgan fingerprint density at radius 2 is 1.42 bits per heavy atom. The van der Waals surface area contributed by atoms with Crippen LogP contribution in [-0.4, -0.2) is 19.2 Å². The Balaban J connectivity index is 1.42. The zero-order valence-corrected chi connectivity index (χ0v) is 21.5. The van der Waals surface area contributed by atoms with E-state index in [0.29, 0.717) is 24.9 Å². The van der Waals surface area contributed by atoms with Gasteiger partial charge in [0, 0.05) is 0 Å². The maximum absolute atomic E-state index is 14.6. The Labute approximate surface area is 214 Å². The fourth-order valence-corrected chi connectivity index (χ4v) is 4.55. The number of hydrogen-bond acceptors (Lipinski definition) is 4. The van der Waals surface area contributed by atoms with E-state index in [9.17, 15) is 13.6 Å². The fourth-order valence-electron chi connectivity index (χ4n) is 4.55. The molecule has 1 fully saturated rings. The molecular weight excluding hydrogens is 462 g/mol. The van der Waals surface area contributed by atoms with Crippen molar-refractivity contribution in [3.63, 3.8) is 0 Å². The minimum Gasteiger partial charge on any atom is -0.493 e. The monoisotopic (exact) mass is 502 g/mol. The van der Waals surface area contributed by atoms with Crippen LogP contribution in [-0.2, 0) is 0 Å². The second-order valence-corrected chi connectivity index (χ2v) is 9.74. The highest BCUT2D eigenvalue weighted by molar-refractivity contribution is 5.91. The van der Waals surface area contributed by atoms with E-state index in [0.717, 1.165) is 19.3 Å². The lowest BCUT2D eigenvalue weighted by Gasteiger charge is -2.21. The van der Waals surface area contributed by atoms with Crippen molar-refractivity contribution in [3.05, 3.63) is 53.6 Å². The Bertz CT molecular complexity index is 923. The molecule has 1 saturated carbocycles. The third-order valence-corrected chi connectivity index (χ3v) is 6.77. The van der Waals surface area contributed by atoms with Crippen molar-refractivity contribution in [2.45, 2.75) is 90.4 Å². The molecule has 1 aliphatic carbocycles. The maximum Gasteiger partial charge on any atom is 0.346 e. The molecule has 36 heavy (non-hydrogen) atoms. The number of esters is 1. The molecule has 0 aliphatic heterocycles. The summed E-state index contributed by atoms with van der Waals surface area (Å²) in [5, 5.41) is 0. The first kappa shape index (κ1) is 27.9. The first-order valence-electron chi connectivity index (χ1n) is 13.6. The highest BCUT2D eigenvalue weighted by Crippen LogP contribution is 2.27.